The summed E-state index contributed by atoms with van der Waals surface area (Å²) in [4.78, 5) is 11.1. The number of alkyl halides is 1. The second-order valence-electron chi connectivity index (χ2n) is 3.55. The van der Waals surface area contributed by atoms with Crippen LogP contribution in [0.5, 0.6) is 0 Å². The Labute approximate surface area is 92.1 Å². The molecule has 1 aliphatic rings. The summed E-state index contributed by atoms with van der Waals surface area (Å²) in [5.41, 5.74) is -0.764. The Morgan fingerprint density at radius 2 is 2.14 bits per heavy atom. The minimum absolute atomic E-state index is 0.0261. The predicted molar refractivity (Wildman–Crippen MR) is 56.4 cm³/mol. The van der Waals surface area contributed by atoms with E-state index >= 15 is 0 Å². The smallest absolute Gasteiger partial charge is 0.220 e. The number of halogens is 1. The lowest BCUT2D eigenvalue weighted by Crippen LogP contribution is -2.46. The molecule has 1 heterocycles. The first-order valence-electron chi connectivity index (χ1n) is 4.79. The molecule has 1 amide bonds. The van der Waals surface area contributed by atoms with Crippen LogP contribution in [-0.4, -0.2) is 41.7 Å². The molecule has 0 aromatic heterocycles. The normalized spacial score (nSPS) is 20.4. The number of aliphatic hydroxyl groups is 1. The highest BCUT2D eigenvalue weighted by Crippen LogP contribution is 2.19. The predicted octanol–water partition coefficient (Wildman–Crippen LogP) is 0.429. The fraction of sp³-hybridized carbons (Fsp3) is 0.889. The average molecular weight is 266 g/mol. The lowest BCUT2D eigenvalue weighted by atomic mass is 9.94. The molecular formula is C9H16BrNO3. The first kappa shape index (κ1) is 11.9. The molecule has 0 unspecified atom stereocenters. The van der Waals surface area contributed by atoms with Crippen LogP contribution in [-0.2, 0) is 9.53 Å². The van der Waals surface area contributed by atoms with E-state index in [4.69, 9.17) is 4.74 Å². The van der Waals surface area contributed by atoms with Crippen molar-refractivity contribution in [1.82, 2.24) is 5.32 Å². The molecule has 1 saturated heterocycles. The van der Waals surface area contributed by atoms with Crippen LogP contribution in [0.3, 0.4) is 0 Å². The van der Waals surface area contributed by atoms with Gasteiger partial charge in [0, 0.05) is 44.4 Å². The maximum absolute atomic E-state index is 11.1. The van der Waals surface area contributed by atoms with Crippen molar-refractivity contribution in [3.05, 3.63) is 0 Å². The van der Waals surface area contributed by atoms with Gasteiger partial charge in [-0.05, 0) is 0 Å². The zero-order chi connectivity index (χ0) is 10.4. The summed E-state index contributed by atoms with van der Waals surface area (Å²) >= 11 is 3.19. The molecule has 1 aliphatic heterocycles. The number of hydrogen-bond acceptors (Lipinski definition) is 3. The molecule has 4 nitrogen and oxygen atoms in total. The van der Waals surface area contributed by atoms with Crippen LogP contribution >= 0.6 is 15.9 Å². The number of carbonyl (C=O) groups excluding carboxylic acids is 1. The van der Waals surface area contributed by atoms with Crippen molar-refractivity contribution < 1.29 is 14.6 Å². The fourth-order valence-corrected chi connectivity index (χ4v) is 1.73. The monoisotopic (exact) mass is 265 g/mol. The molecule has 5 heteroatoms. The maximum Gasteiger partial charge on any atom is 0.220 e. The Balaban J connectivity index is 2.24. The molecule has 0 aromatic carbocycles. The van der Waals surface area contributed by atoms with Gasteiger partial charge in [0.2, 0.25) is 5.91 Å². The maximum atomic E-state index is 11.1. The van der Waals surface area contributed by atoms with Crippen LogP contribution in [0, 0.1) is 0 Å². The van der Waals surface area contributed by atoms with Crippen LogP contribution in [0.25, 0.3) is 0 Å². The number of amides is 1. The zero-order valence-corrected chi connectivity index (χ0v) is 9.68. The van der Waals surface area contributed by atoms with Crippen molar-refractivity contribution in [2.45, 2.75) is 24.9 Å². The van der Waals surface area contributed by atoms with Gasteiger partial charge >= 0.3 is 0 Å². The molecule has 82 valence electrons. The third-order valence-electron chi connectivity index (χ3n) is 2.36. The topological polar surface area (TPSA) is 58.6 Å². The van der Waals surface area contributed by atoms with Crippen molar-refractivity contribution in [3.63, 3.8) is 0 Å². The van der Waals surface area contributed by atoms with E-state index in [-0.39, 0.29) is 5.91 Å². The third-order valence-corrected chi connectivity index (χ3v) is 2.76. The van der Waals surface area contributed by atoms with Crippen molar-refractivity contribution in [3.8, 4) is 0 Å². The van der Waals surface area contributed by atoms with Crippen LogP contribution < -0.4 is 5.32 Å². The van der Waals surface area contributed by atoms with E-state index in [1.54, 1.807) is 0 Å². The van der Waals surface area contributed by atoms with Gasteiger partial charge in [-0.3, -0.25) is 4.79 Å². The standard InChI is InChI=1S/C9H16BrNO3/c10-4-1-8(12)11-7-9(13)2-5-14-6-3-9/h13H,1-7H2,(H,11,12). The van der Waals surface area contributed by atoms with Gasteiger partial charge < -0.3 is 15.2 Å². The highest BCUT2D eigenvalue weighted by atomic mass is 79.9. The van der Waals surface area contributed by atoms with Crippen molar-refractivity contribution >= 4 is 21.8 Å². The van der Waals surface area contributed by atoms with E-state index in [0.29, 0.717) is 44.4 Å². The molecule has 0 spiro atoms. The molecule has 0 aliphatic carbocycles. The third kappa shape index (κ3) is 3.94. The summed E-state index contributed by atoms with van der Waals surface area (Å²) in [7, 11) is 0. The lowest BCUT2D eigenvalue weighted by molar-refractivity contribution is -0.123. The minimum Gasteiger partial charge on any atom is -0.388 e. The second-order valence-corrected chi connectivity index (χ2v) is 4.35. The van der Waals surface area contributed by atoms with E-state index in [2.05, 4.69) is 21.2 Å². The Morgan fingerprint density at radius 3 is 2.71 bits per heavy atom. The van der Waals surface area contributed by atoms with Crippen LogP contribution in [0.2, 0.25) is 0 Å². The quantitative estimate of drug-likeness (QED) is 0.725. The molecule has 0 aromatic rings. The van der Waals surface area contributed by atoms with Crippen LogP contribution in [0.4, 0.5) is 0 Å². The summed E-state index contributed by atoms with van der Waals surface area (Å²) in [6, 6.07) is 0. The Morgan fingerprint density at radius 1 is 1.50 bits per heavy atom. The van der Waals surface area contributed by atoms with Gasteiger partial charge in [-0.1, -0.05) is 15.9 Å². The number of carbonyl (C=O) groups is 1. The number of nitrogens with one attached hydrogen (secondary N) is 1. The molecule has 0 atom stereocenters. The summed E-state index contributed by atoms with van der Waals surface area (Å²) in [6.45, 7) is 1.48. The largest absolute Gasteiger partial charge is 0.388 e. The van der Waals surface area contributed by atoms with Gasteiger partial charge in [0.15, 0.2) is 0 Å². The highest BCUT2D eigenvalue weighted by molar-refractivity contribution is 9.09. The molecule has 1 rings (SSSR count). The Kier molecular flexibility index (Phi) is 4.84. The SMILES string of the molecule is O=C(CCBr)NCC1(O)CCOCC1. The summed E-state index contributed by atoms with van der Waals surface area (Å²) in [5.74, 6) is -0.0261. The first-order chi connectivity index (χ1) is 6.66. The van der Waals surface area contributed by atoms with Crippen molar-refractivity contribution in [2.75, 3.05) is 25.1 Å². The molecule has 0 radical (unpaired) electrons. The first-order valence-corrected chi connectivity index (χ1v) is 5.91. The Bertz CT molecular complexity index is 192. The molecule has 0 saturated carbocycles. The summed E-state index contributed by atoms with van der Waals surface area (Å²) in [6.07, 6.45) is 1.65. The second kappa shape index (κ2) is 5.68. The Hall–Kier alpha value is -0.130. The number of hydrogen-bond donors (Lipinski definition) is 2. The van der Waals surface area contributed by atoms with Gasteiger partial charge in [-0.15, -0.1) is 0 Å². The van der Waals surface area contributed by atoms with E-state index in [1.807, 2.05) is 0 Å². The summed E-state index contributed by atoms with van der Waals surface area (Å²) < 4.78 is 5.14. The fourth-order valence-electron chi connectivity index (χ4n) is 1.37. The lowest BCUT2D eigenvalue weighted by Gasteiger charge is -2.32. The molecule has 1 fully saturated rings. The molecule has 2 N–H and O–H groups in total. The van der Waals surface area contributed by atoms with E-state index in [1.165, 1.54) is 0 Å². The number of rotatable bonds is 4. The van der Waals surface area contributed by atoms with Crippen molar-refractivity contribution in [2.24, 2.45) is 0 Å². The molecule has 0 bridgehead atoms. The van der Waals surface area contributed by atoms with Gasteiger partial charge in [-0.2, -0.15) is 0 Å². The average Bonchev–Trinajstić information content (AvgIpc) is 2.17. The minimum atomic E-state index is -0.764. The number of ether oxygens (including phenoxy) is 1. The van der Waals surface area contributed by atoms with Gasteiger partial charge in [-0.25, -0.2) is 0 Å². The van der Waals surface area contributed by atoms with Crippen LogP contribution in [0.15, 0.2) is 0 Å². The van der Waals surface area contributed by atoms with Crippen LogP contribution in [0.1, 0.15) is 19.3 Å². The highest BCUT2D eigenvalue weighted by Gasteiger charge is 2.29. The van der Waals surface area contributed by atoms with Gasteiger partial charge in [0.25, 0.3) is 0 Å². The summed E-state index contributed by atoms with van der Waals surface area (Å²) in [5, 5.41) is 13.4. The van der Waals surface area contributed by atoms with E-state index in [0.717, 1.165) is 0 Å². The zero-order valence-electron chi connectivity index (χ0n) is 8.09. The van der Waals surface area contributed by atoms with Gasteiger partial charge in [0.1, 0.15) is 0 Å². The van der Waals surface area contributed by atoms with E-state index in [9.17, 15) is 9.90 Å². The van der Waals surface area contributed by atoms with Crippen molar-refractivity contribution in [1.29, 1.82) is 0 Å². The molecule has 14 heavy (non-hydrogen) atoms. The molecular weight excluding hydrogens is 250 g/mol. The van der Waals surface area contributed by atoms with E-state index < -0.39 is 5.60 Å². The van der Waals surface area contributed by atoms with Gasteiger partial charge in [0.05, 0.1) is 5.60 Å².